The van der Waals surface area contributed by atoms with Gasteiger partial charge in [0.05, 0.1) is 22.5 Å². The van der Waals surface area contributed by atoms with E-state index < -0.39 is 35.2 Å². The van der Waals surface area contributed by atoms with E-state index in [4.69, 9.17) is 34.6 Å². The Balaban J connectivity index is 1.58. The van der Waals surface area contributed by atoms with E-state index in [-0.39, 0.29) is 43.5 Å². The molecule has 2 aromatic carbocycles. The van der Waals surface area contributed by atoms with Crippen molar-refractivity contribution in [3.8, 4) is 11.6 Å². The van der Waals surface area contributed by atoms with Gasteiger partial charge in [-0.1, -0.05) is 18.2 Å². The molecule has 1 aromatic heterocycles. The number of H-pyrrole nitrogens is 1. The number of aromatic nitrogens is 2. The van der Waals surface area contributed by atoms with Crippen LogP contribution in [0.1, 0.15) is 26.3 Å². The molecule has 4 rings (SSSR count). The van der Waals surface area contributed by atoms with Gasteiger partial charge in [0.15, 0.2) is 9.88 Å². The summed E-state index contributed by atoms with van der Waals surface area (Å²) in [6.45, 7) is 0. The third kappa shape index (κ3) is 5.93. The number of amides is 2. The van der Waals surface area contributed by atoms with Crippen LogP contribution in [-0.4, -0.2) is 53.7 Å². The van der Waals surface area contributed by atoms with Gasteiger partial charge in [-0.3, -0.25) is 29.2 Å². The predicted molar refractivity (Wildman–Crippen MR) is 154 cm³/mol. The summed E-state index contributed by atoms with van der Waals surface area (Å²) in [7, 11) is 0. The molecule has 12 nitrogen and oxygen atoms in total. The number of anilines is 1. The number of rotatable bonds is 7. The van der Waals surface area contributed by atoms with E-state index >= 15 is 0 Å². The number of aromatic hydroxyl groups is 1. The number of aromatic carboxylic acids is 2. The molecule has 0 atom stereocenters. The van der Waals surface area contributed by atoms with E-state index in [0.717, 1.165) is 9.47 Å². The number of aromatic amines is 1. The van der Waals surface area contributed by atoms with Crippen molar-refractivity contribution in [3.63, 3.8) is 0 Å². The number of nitrogens with one attached hydrogen (secondary N) is 2. The number of hydrogen-bond donors (Lipinski definition) is 5. The summed E-state index contributed by atoms with van der Waals surface area (Å²) >= 11 is 10.3. The third-order valence-electron chi connectivity index (χ3n) is 5.71. The number of thiocarbonyl (C=S) groups is 1. The fraction of sp³-hybridized carbons (Fsp3) is 0. The Morgan fingerprint density at radius 3 is 1.93 bits per heavy atom. The highest BCUT2D eigenvalue weighted by molar-refractivity contribution is 7.80. The molecule has 0 aliphatic carbocycles. The quantitative estimate of drug-likeness (QED) is 0.119. The predicted octanol–water partition coefficient (Wildman–Crippen LogP) is 2.94. The number of nitrogens with zero attached hydrogens (tertiary/aromatic N) is 2. The van der Waals surface area contributed by atoms with Crippen molar-refractivity contribution >= 4 is 65.1 Å². The van der Waals surface area contributed by atoms with Gasteiger partial charge in [-0.2, -0.15) is 0 Å². The van der Waals surface area contributed by atoms with Crippen LogP contribution in [0.3, 0.4) is 0 Å². The number of carboxylic acids is 2. The molecule has 14 heteroatoms. The minimum atomic E-state index is -1.14. The zero-order chi connectivity index (χ0) is 29.8. The Labute approximate surface area is 240 Å². The maximum absolute atomic E-state index is 13.1. The average molecular weight is 591 g/mol. The highest BCUT2D eigenvalue weighted by atomic mass is 32.1. The lowest BCUT2D eigenvalue weighted by Crippen LogP contribution is -2.54. The van der Waals surface area contributed by atoms with Crippen molar-refractivity contribution in [2.75, 3.05) is 4.90 Å². The van der Waals surface area contributed by atoms with E-state index in [9.17, 15) is 29.1 Å². The standard InChI is InChI=1S/C27H18N4O8S2/c32-20-18(22(34)30(26(40)28-20)16-10-6-14(7-11-16)24(36)37)4-2-1-3-5-19-21(33)29-27(41)31(23(19)35)17-12-8-15(9-13-17)25(38)39/h1-13,32H,(H,28,40)(H,36,37)(H,38,39)(H,29,33,41). The first-order chi connectivity index (χ1) is 19.5. The molecular formula is C27H18N4O8S2. The normalized spacial score (nSPS) is 14.7. The zero-order valence-corrected chi connectivity index (χ0v) is 22.2. The fourth-order valence-electron chi connectivity index (χ4n) is 3.71. The molecule has 1 aliphatic rings. The van der Waals surface area contributed by atoms with Crippen LogP contribution in [0.15, 0.2) is 83.2 Å². The Morgan fingerprint density at radius 1 is 0.805 bits per heavy atom. The van der Waals surface area contributed by atoms with Crippen LogP contribution in [0.2, 0.25) is 0 Å². The van der Waals surface area contributed by atoms with E-state index in [2.05, 4.69) is 10.3 Å². The number of carbonyl (C=O) groups excluding carboxylic acids is 2. The summed E-state index contributed by atoms with van der Waals surface area (Å²) in [6, 6.07) is 10.8. The Hall–Kier alpha value is -5.47. The maximum Gasteiger partial charge on any atom is 0.335 e. The van der Waals surface area contributed by atoms with Gasteiger partial charge in [0, 0.05) is 0 Å². The van der Waals surface area contributed by atoms with Crippen molar-refractivity contribution in [3.05, 3.63) is 110 Å². The second-order valence-corrected chi connectivity index (χ2v) is 9.03. The first-order valence-corrected chi connectivity index (χ1v) is 12.3. The minimum absolute atomic E-state index is 0.00693. The third-order valence-corrected chi connectivity index (χ3v) is 6.28. The van der Waals surface area contributed by atoms with Crippen LogP contribution in [0.5, 0.6) is 5.88 Å². The lowest BCUT2D eigenvalue weighted by atomic mass is 10.1. The average Bonchev–Trinajstić information content (AvgIpc) is 2.92. The summed E-state index contributed by atoms with van der Waals surface area (Å²) in [5.74, 6) is -4.25. The van der Waals surface area contributed by atoms with Crippen molar-refractivity contribution in [1.29, 1.82) is 0 Å². The van der Waals surface area contributed by atoms with Crippen LogP contribution in [0.25, 0.3) is 11.8 Å². The Morgan fingerprint density at radius 2 is 1.37 bits per heavy atom. The zero-order valence-electron chi connectivity index (χ0n) is 20.6. The highest BCUT2D eigenvalue weighted by Gasteiger charge is 2.34. The van der Waals surface area contributed by atoms with Crippen LogP contribution < -0.4 is 15.8 Å². The van der Waals surface area contributed by atoms with Gasteiger partial charge in [-0.05, 0) is 85.1 Å². The monoisotopic (exact) mass is 590 g/mol. The molecule has 0 radical (unpaired) electrons. The van der Waals surface area contributed by atoms with Crippen LogP contribution in [0.4, 0.5) is 5.69 Å². The van der Waals surface area contributed by atoms with Gasteiger partial charge in [-0.15, -0.1) is 0 Å². The van der Waals surface area contributed by atoms with E-state index in [1.165, 1.54) is 78.9 Å². The number of carbonyl (C=O) groups is 4. The molecule has 0 saturated carbocycles. The summed E-state index contributed by atoms with van der Waals surface area (Å²) in [6.07, 6.45) is 6.63. The van der Waals surface area contributed by atoms with Crippen molar-refractivity contribution < 1.29 is 34.5 Å². The summed E-state index contributed by atoms with van der Waals surface area (Å²) in [5, 5.41) is 30.6. The van der Waals surface area contributed by atoms with Crippen LogP contribution in [0, 0.1) is 4.77 Å². The molecule has 0 unspecified atom stereocenters. The molecule has 3 aromatic rings. The van der Waals surface area contributed by atoms with Crippen molar-refractivity contribution in [2.45, 2.75) is 0 Å². The number of benzene rings is 2. The summed E-state index contributed by atoms with van der Waals surface area (Å²) in [4.78, 5) is 64.2. The van der Waals surface area contributed by atoms with Crippen molar-refractivity contribution in [1.82, 2.24) is 14.9 Å². The number of allylic oxidation sites excluding steroid dienone is 4. The first-order valence-electron chi connectivity index (χ1n) is 11.5. The molecule has 5 N–H and O–H groups in total. The molecule has 206 valence electrons. The summed E-state index contributed by atoms with van der Waals surface area (Å²) in [5.41, 5.74) is -0.551. The maximum atomic E-state index is 13.1. The van der Waals surface area contributed by atoms with E-state index in [1.807, 2.05) is 0 Å². The van der Waals surface area contributed by atoms with Crippen molar-refractivity contribution in [2.24, 2.45) is 0 Å². The van der Waals surface area contributed by atoms with Crippen LogP contribution in [-0.2, 0) is 9.59 Å². The Bertz CT molecular complexity index is 1820. The molecular weight excluding hydrogens is 572 g/mol. The second-order valence-electron chi connectivity index (χ2n) is 8.26. The smallest absolute Gasteiger partial charge is 0.335 e. The highest BCUT2D eigenvalue weighted by Crippen LogP contribution is 2.21. The minimum Gasteiger partial charge on any atom is -0.494 e. The lowest BCUT2D eigenvalue weighted by Gasteiger charge is -2.28. The second kappa shape index (κ2) is 11.7. The molecule has 1 fully saturated rings. The number of hydrogen-bond acceptors (Lipinski definition) is 8. The topological polar surface area (TPSA) is 182 Å². The van der Waals surface area contributed by atoms with Gasteiger partial charge in [0.1, 0.15) is 11.1 Å². The molecule has 1 saturated heterocycles. The van der Waals surface area contributed by atoms with Gasteiger partial charge in [0.25, 0.3) is 17.4 Å². The number of carboxylic acid groups (broad SMARTS) is 2. The lowest BCUT2D eigenvalue weighted by molar-refractivity contribution is -0.122. The molecule has 0 bridgehead atoms. The summed E-state index contributed by atoms with van der Waals surface area (Å²) < 4.78 is 0.965. The van der Waals surface area contributed by atoms with Gasteiger partial charge < -0.3 is 20.3 Å². The van der Waals surface area contributed by atoms with E-state index in [0.29, 0.717) is 0 Å². The fourth-order valence-corrected chi connectivity index (χ4v) is 4.27. The molecule has 2 heterocycles. The molecule has 0 spiro atoms. The largest absolute Gasteiger partial charge is 0.494 e. The SMILES string of the molecule is O=C1NC(=S)N(c2ccc(C(=O)O)cc2)C(=O)C1=CC=CC=Cc1c(O)[nH]c(=S)n(-c2ccc(C(=O)O)cc2)c1=O. The van der Waals surface area contributed by atoms with Crippen LogP contribution >= 0.6 is 24.4 Å². The van der Waals surface area contributed by atoms with E-state index in [1.54, 1.807) is 0 Å². The van der Waals surface area contributed by atoms with Gasteiger partial charge in [0.2, 0.25) is 5.88 Å². The molecule has 2 amide bonds. The van der Waals surface area contributed by atoms with Gasteiger partial charge >= 0.3 is 11.9 Å². The molecule has 1 aliphatic heterocycles. The Kier molecular flexibility index (Phi) is 8.16. The first kappa shape index (κ1) is 28.5. The van der Waals surface area contributed by atoms with Gasteiger partial charge in [-0.25, -0.2) is 9.59 Å². The molecule has 41 heavy (non-hydrogen) atoms.